The van der Waals surface area contributed by atoms with Crippen molar-refractivity contribution in [2.24, 2.45) is 0 Å². The van der Waals surface area contributed by atoms with Gasteiger partial charge in [-0.2, -0.15) is 0 Å². The number of rotatable bonds is 5. The van der Waals surface area contributed by atoms with Gasteiger partial charge >= 0.3 is 0 Å². The van der Waals surface area contributed by atoms with Crippen LogP contribution in [0.3, 0.4) is 0 Å². The lowest BCUT2D eigenvalue weighted by Gasteiger charge is -2.36. The van der Waals surface area contributed by atoms with Crippen molar-refractivity contribution in [3.63, 3.8) is 0 Å². The summed E-state index contributed by atoms with van der Waals surface area (Å²) in [6, 6.07) is 13.6. The molecule has 2 N–H and O–H groups in total. The zero-order chi connectivity index (χ0) is 24.0. The minimum absolute atomic E-state index is 0.0923. The smallest absolute Gasteiger partial charge is 0.250 e. The van der Waals surface area contributed by atoms with E-state index < -0.39 is 0 Å². The summed E-state index contributed by atoms with van der Waals surface area (Å²) in [4.78, 5) is 27.7. The summed E-state index contributed by atoms with van der Waals surface area (Å²) in [6.07, 6.45) is 3.20. The summed E-state index contributed by atoms with van der Waals surface area (Å²) in [5.74, 6) is 0.246. The summed E-state index contributed by atoms with van der Waals surface area (Å²) in [5.41, 5.74) is 3.79. The van der Waals surface area contributed by atoms with E-state index in [1.807, 2.05) is 29.2 Å². The lowest BCUT2D eigenvalue weighted by molar-refractivity contribution is -0.129. The molecule has 174 valence electrons. The van der Waals surface area contributed by atoms with Crippen molar-refractivity contribution in [1.82, 2.24) is 10.2 Å². The predicted octanol–water partition coefficient (Wildman–Crippen LogP) is 4.66. The fraction of sp³-hybridized carbons (Fsp3) is 0.320. The Morgan fingerprint density at radius 2 is 1.73 bits per heavy atom. The van der Waals surface area contributed by atoms with E-state index in [9.17, 15) is 9.59 Å². The molecule has 0 atom stereocenters. The summed E-state index contributed by atoms with van der Waals surface area (Å²) >= 11 is 11.8. The molecule has 2 amide bonds. The molecule has 1 fully saturated rings. The second-order valence-electron chi connectivity index (χ2n) is 8.26. The van der Waals surface area contributed by atoms with Crippen LogP contribution in [0.5, 0.6) is 0 Å². The number of nitrogens with zero attached hydrogens (tertiary/aromatic N) is 2. The highest BCUT2D eigenvalue weighted by Crippen LogP contribution is 2.29. The largest absolute Gasteiger partial charge is 0.367 e. The van der Waals surface area contributed by atoms with E-state index >= 15 is 0 Å². The summed E-state index contributed by atoms with van der Waals surface area (Å²) in [7, 11) is 0. The van der Waals surface area contributed by atoms with E-state index in [0.717, 1.165) is 24.3 Å². The van der Waals surface area contributed by atoms with Gasteiger partial charge in [0.1, 0.15) is 0 Å². The molecule has 1 aliphatic rings. The van der Waals surface area contributed by atoms with Crippen molar-refractivity contribution in [3.8, 4) is 0 Å². The maximum Gasteiger partial charge on any atom is 0.250 e. The number of carbonyl (C=O) groups is 2. The number of amides is 2. The van der Waals surface area contributed by atoms with Crippen molar-refractivity contribution < 1.29 is 9.59 Å². The van der Waals surface area contributed by atoms with E-state index in [2.05, 4.69) is 41.5 Å². The second-order valence-corrected chi connectivity index (χ2v) is 9.07. The van der Waals surface area contributed by atoms with Crippen LogP contribution in [0.15, 0.2) is 48.5 Å². The Balaban J connectivity index is 1.52. The first-order valence-corrected chi connectivity index (χ1v) is 11.7. The average Bonchev–Trinajstić information content (AvgIpc) is 2.78. The SMILES string of the molecule is CC(=O)N1CCN(c2ccc(NC(=S)NC(=O)/C=C/c3ccc(C(C)C)cc3)cc2Cl)CC1. The van der Waals surface area contributed by atoms with Gasteiger partial charge in [-0.05, 0) is 53.5 Å². The first-order chi connectivity index (χ1) is 15.7. The number of halogens is 1. The molecule has 3 rings (SSSR count). The van der Waals surface area contributed by atoms with Crippen LogP contribution in [-0.4, -0.2) is 48.0 Å². The van der Waals surface area contributed by atoms with Gasteiger partial charge in [0.25, 0.3) is 0 Å². The van der Waals surface area contributed by atoms with Crippen LogP contribution in [-0.2, 0) is 9.59 Å². The maximum atomic E-state index is 12.2. The molecule has 1 saturated heterocycles. The normalized spacial score (nSPS) is 14.0. The van der Waals surface area contributed by atoms with Crippen LogP contribution in [0.25, 0.3) is 6.08 Å². The molecule has 0 bridgehead atoms. The molecule has 6 nitrogen and oxygen atoms in total. The molecule has 1 aliphatic heterocycles. The first-order valence-electron chi connectivity index (χ1n) is 10.9. The molecule has 0 saturated carbocycles. The van der Waals surface area contributed by atoms with Gasteiger partial charge in [-0.1, -0.05) is 49.7 Å². The van der Waals surface area contributed by atoms with Crippen LogP contribution in [0.2, 0.25) is 5.02 Å². The molecule has 2 aromatic rings. The zero-order valence-corrected chi connectivity index (χ0v) is 20.7. The van der Waals surface area contributed by atoms with Gasteiger partial charge in [0.05, 0.1) is 10.7 Å². The van der Waals surface area contributed by atoms with Crippen LogP contribution in [0.4, 0.5) is 11.4 Å². The van der Waals surface area contributed by atoms with E-state index in [1.165, 1.54) is 11.6 Å². The summed E-state index contributed by atoms with van der Waals surface area (Å²) in [5, 5.41) is 6.41. The van der Waals surface area contributed by atoms with Crippen molar-refractivity contribution in [3.05, 3.63) is 64.7 Å². The molecule has 0 aromatic heterocycles. The Morgan fingerprint density at radius 3 is 2.30 bits per heavy atom. The Morgan fingerprint density at radius 1 is 1.06 bits per heavy atom. The van der Waals surface area contributed by atoms with Gasteiger partial charge in [-0.25, -0.2) is 0 Å². The van der Waals surface area contributed by atoms with E-state index in [0.29, 0.717) is 29.7 Å². The number of piperazine rings is 1. The minimum Gasteiger partial charge on any atom is -0.367 e. The molecule has 0 radical (unpaired) electrons. The van der Waals surface area contributed by atoms with Crippen LogP contribution in [0, 0.1) is 0 Å². The van der Waals surface area contributed by atoms with Gasteiger partial charge in [0, 0.05) is 44.9 Å². The van der Waals surface area contributed by atoms with Crippen molar-refractivity contribution in [2.75, 3.05) is 36.4 Å². The zero-order valence-electron chi connectivity index (χ0n) is 19.1. The van der Waals surface area contributed by atoms with E-state index in [4.69, 9.17) is 23.8 Å². The Hall–Kier alpha value is -2.90. The number of carbonyl (C=O) groups excluding carboxylic acids is 2. The Kier molecular flexibility index (Phi) is 8.47. The molecule has 8 heteroatoms. The van der Waals surface area contributed by atoms with Crippen LogP contribution in [0.1, 0.15) is 37.8 Å². The quantitative estimate of drug-likeness (QED) is 0.477. The molecular weight excluding hydrogens is 456 g/mol. The fourth-order valence-corrected chi connectivity index (χ4v) is 4.10. The lowest BCUT2D eigenvalue weighted by atomic mass is 10.0. The number of hydrogen-bond donors (Lipinski definition) is 2. The third-order valence-electron chi connectivity index (χ3n) is 5.54. The van der Waals surface area contributed by atoms with Crippen molar-refractivity contribution in [2.45, 2.75) is 26.7 Å². The summed E-state index contributed by atoms with van der Waals surface area (Å²) < 4.78 is 0. The van der Waals surface area contributed by atoms with E-state index in [1.54, 1.807) is 19.1 Å². The van der Waals surface area contributed by atoms with Gasteiger partial charge in [-0.3, -0.25) is 14.9 Å². The predicted molar refractivity (Wildman–Crippen MR) is 140 cm³/mol. The molecule has 0 unspecified atom stereocenters. The van der Waals surface area contributed by atoms with Crippen molar-refractivity contribution >= 4 is 58.2 Å². The molecule has 33 heavy (non-hydrogen) atoms. The average molecular weight is 485 g/mol. The topological polar surface area (TPSA) is 64.7 Å². The highest BCUT2D eigenvalue weighted by molar-refractivity contribution is 7.80. The lowest BCUT2D eigenvalue weighted by Crippen LogP contribution is -2.48. The second kappa shape index (κ2) is 11.3. The van der Waals surface area contributed by atoms with E-state index in [-0.39, 0.29) is 16.9 Å². The Labute approximate surface area is 205 Å². The molecular formula is C25H29ClN4O2S. The molecule has 0 spiro atoms. The third-order valence-corrected chi connectivity index (χ3v) is 6.05. The first kappa shape index (κ1) is 24.7. The number of hydrogen-bond acceptors (Lipinski definition) is 4. The summed E-state index contributed by atoms with van der Waals surface area (Å²) in [6.45, 7) is 8.69. The fourth-order valence-electron chi connectivity index (χ4n) is 3.58. The Bertz CT molecular complexity index is 1040. The standard InChI is InChI=1S/C25H29ClN4O2S/c1-17(2)20-7-4-19(5-8-20)6-11-24(32)28-25(33)27-21-9-10-23(22(26)16-21)30-14-12-29(13-15-30)18(3)31/h4-11,16-17H,12-15H2,1-3H3,(H2,27,28,32,33)/b11-6+. The van der Waals surface area contributed by atoms with Crippen LogP contribution >= 0.6 is 23.8 Å². The molecule has 0 aliphatic carbocycles. The molecule has 2 aromatic carbocycles. The highest BCUT2D eigenvalue weighted by atomic mass is 35.5. The minimum atomic E-state index is -0.313. The monoisotopic (exact) mass is 484 g/mol. The van der Waals surface area contributed by atoms with Gasteiger partial charge in [-0.15, -0.1) is 0 Å². The van der Waals surface area contributed by atoms with Gasteiger partial charge < -0.3 is 15.1 Å². The van der Waals surface area contributed by atoms with Crippen molar-refractivity contribution in [1.29, 1.82) is 0 Å². The maximum absolute atomic E-state index is 12.2. The number of nitrogens with one attached hydrogen (secondary N) is 2. The highest BCUT2D eigenvalue weighted by Gasteiger charge is 2.20. The number of anilines is 2. The van der Waals surface area contributed by atoms with Crippen LogP contribution < -0.4 is 15.5 Å². The van der Waals surface area contributed by atoms with Gasteiger partial charge in [0.2, 0.25) is 11.8 Å². The molecule has 1 heterocycles. The number of thiocarbonyl (C=S) groups is 1. The van der Waals surface area contributed by atoms with Gasteiger partial charge in [0.15, 0.2) is 5.11 Å². The number of benzene rings is 2. The third kappa shape index (κ3) is 7.04.